The van der Waals surface area contributed by atoms with E-state index in [0.29, 0.717) is 29.7 Å². The Morgan fingerprint density at radius 1 is 0.889 bits per heavy atom. The molecule has 63 heavy (non-hydrogen) atoms. The molecule has 6 aliphatic carbocycles. The van der Waals surface area contributed by atoms with Crippen LogP contribution in [-0.4, -0.2) is 71.2 Å². The largest absolute Gasteiger partial charge is 0.496 e. The van der Waals surface area contributed by atoms with Gasteiger partial charge in [-0.3, -0.25) is 24.0 Å². The molecule has 0 aromatic heterocycles. The summed E-state index contributed by atoms with van der Waals surface area (Å²) in [5.74, 6) is -1.84. The Morgan fingerprint density at radius 2 is 1.57 bits per heavy atom. The van der Waals surface area contributed by atoms with E-state index in [1.165, 1.54) is 13.2 Å². The average Bonchev–Trinajstić information content (AvgIpc) is 3.50. The number of allylic oxidation sites excluding steroid dienone is 1. The molecule has 7 rings (SSSR count). The fourth-order valence-electron chi connectivity index (χ4n) is 15.1. The number of ether oxygens (including phenoxy) is 2. The first kappa shape index (κ1) is 47.5. The van der Waals surface area contributed by atoms with E-state index in [1.807, 2.05) is 13.8 Å². The predicted octanol–water partition coefficient (Wildman–Crippen LogP) is 8.97. The number of methoxy groups -OCH3 is 1. The summed E-state index contributed by atoms with van der Waals surface area (Å²) >= 11 is 6.11. The van der Waals surface area contributed by atoms with Crippen LogP contribution < -0.4 is 15.4 Å². The number of Topliss-reactive ketones (excluding diaryl/α,β-unsaturated/α-hetero) is 1. The lowest BCUT2D eigenvalue weighted by molar-refractivity contribution is -0.238. The topological polar surface area (TPSA) is 168 Å². The van der Waals surface area contributed by atoms with Gasteiger partial charge >= 0.3 is 11.9 Å². The Kier molecular flexibility index (Phi) is 12.0. The number of amides is 2. The number of fused-ring (bicyclic) bond motifs is 7. The quantitative estimate of drug-likeness (QED) is 0.159. The molecule has 348 valence electrons. The highest BCUT2D eigenvalue weighted by molar-refractivity contribution is 6.30. The molecule has 0 heterocycles. The molecule has 6 aliphatic rings. The number of ketones is 1. The zero-order valence-electron chi connectivity index (χ0n) is 39.8. The molecule has 12 heteroatoms. The van der Waals surface area contributed by atoms with Crippen molar-refractivity contribution in [2.45, 2.75) is 158 Å². The minimum absolute atomic E-state index is 0.00245. The molecule has 1 aromatic rings. The van der Waals surface area contributed by atoms with Crippen molar-refractivity contribution in [1.82, 2.24) is 10.6 Å². The molecule has 0 radical (unpaired) electrons. The normalized spacial score (nSPS) is 37.0. The Balaban J connectivity index is 1.09. The van der Waals surface area contributed by atoms with Gasteiger partial charge in [-0.05, 0) is 141 Å². The maximum absolute atomic E-state index is 14.2. The van der Waals surface area contributed by atoms with Crippen LogP contribution >= 0.6 is 11.6 Å². The summed E-state index contributed by atoms with van der Waals surface area (Å²) in [6.07, 6.45) is 6.39. The molecule has 0 spiro atoms. The molecule has 4 N–H and O–H groups in total. The zero-order valence-corrected chi connectivity index (χ0v) is 40.5. The van der Waals surface area contributed by atoms with Crippen LogP contribution in [0.2, 0.25) is 5.02 Å². The van der Waals surface area contributed by atoms with Crippen LogP contribution in [0.25, 0.3) is 0 Å². The summed E-state index contributed by atoms with van der Waals surface area (Å²) in [5, 5.41) is 28.2. The monoisotopic (exact) mass is 893 g/mol. The molecule has 0 saturated heterocycles. The predicted molar refractivity (Wildman–Crippen MR) is 241 cm³/mol. The molecule has 0 aliphatic heterocycles. The number of carboxylic acid groups (broad SMARTS) is 1. The second kappa shape index (κ2) is 15.9. The SMILES string of the molecule is COc1cc(Cl)ccc1C(=O)NC(C)(C)C(=O)NC[C@H](O)[C@@]12CC[C@]3(C)[C@H](CC[C@@H]4[C@@]5(C)CC[C@H](OC(=O)[C@H]6C[C@@H](C(=O)O)C6(C)C)C(C)(C)[C@@H]5CC[C@]43C)C1=C(C(C)C)C(=O)C2. The maximum atomic E-state index is 14.2. The van der Waals surface area contributed by atoms with Gasteiger partial charge in [-0.15, -0.1) is 0 Å². The Bertz CT molecular complexity index is 2110. The fraction of sp³-hybridized carbons (Fsp3) is 0.745. The molecule has 11 atom stereocenters. The van der Waals surface area contributed by atoms with Crippen molar-refractivity contribution in [2.75, 3.05) is 13.7 Å². The van der Waals surface area contributed by atoms with Crippen LogP contribution in [0, 0.1) is 68.0 Å². The molecule has 0 unspecified atom stereocenters. The van der Waals surface area contributed by atoms with Crippen molar-refractivity contribution in [3.63, 3.8) is 0 Å². The third-order valence-corrected chi connectivity index (χ3v) is 19.3. The molecule has 5 fully saturated rings. The van der Waals surface area contributed by atoms with Gasteiger partial charge in [-0.1, -0.05) is 79.5 Å². The summed E-state index contributed by atoms with van der Waals surface area (Å²) in [4.78, 5) is 66.9. The van der Waals surface area contributed by atoms with E-state index in [4.69, 9.17) is 21.1 Å². The van der Waals surface area contributed by atoms with Crippen molar-refractivity contribution >= 4 is 41.1 Å². The number of halogens is 1. The number of aliphatic carboxylic acids is 1. The second-order valence-corrected chi connectivity index (χ2v) is 23.7. The third-order valence-electron chi connectivity index (χ3n) is 19.0. The number of carbonyl (C=O) groups is 5. The number of benzene rings is 1. The van der Waals surface area contributed by atoms with Crippen molar-refractivity contribution < 1.29 is 43.7 Å². The molecule has 1 aromatic carbocycles. The third kappa shape index (κ3) is 7.18. The number of aliphatic hydroxyl groups excluding tert-OH is 1. The van der Waals surface area contributed by atoms with E-state index in [2.05, 4.69) is 59.1 Å². The lowest BCUT2D eigenvalue weighted by Gasteiger charge is -2.72. The van der Waals surface area contributed by atoms with Gasteiger partial charge in [0.25, 0.3) is 5.91 Å². The summed E-state index contributed by atoms with van der Waals surface area (Å²) in [6.45, 7) is 23.1. The van der Waals surface area contributed by atoms with Crippen LogP contribution in [0.4, 0.5) is 0 Å². The standard InChI is InChI=1S/C51H73ClN2O9/c1-27(2)39-33(55)25-51(37(56)26-53-44(61)47(7,8)54-41(57)29-14-13-28(52)23-34(29)62-12)22-21-49(10)30(40(39)51)15-16-36-48(9)19-18-38(46(5,6)35(48)17-20-50(36,49)11)63-43(60)32-24-31(42(58)59)45(32,3)4/h13-14,23,27,30-32,35-38,56H,15-22,24-26H2,1-12H3,(H,53,61)(H,54,57)(H,58,59)/t30-,31+,32-,35+,36-,37+,38+,48+,49-,50-,51+/m1/s1. The number of rotatable bonds is 11. The molecule has 0 bridgehead atoms. The van der Waals surface area contributed by atoms with Gasteiger partial charge in [-0.2, -0.15) is 0 Å². The fourth-order valence-corrected chi connectivity index (χ4v) is 15.3. The van der Waals surface area contributed by atoms with Crippen molar-refractivity contribution in [3.05, 3.63) is 39.9 Å². The molecular formula is C51H73ClN2O9. The highest BCUT2D eigenvalue weighted by Gasteiger charge is 2.71. The minimum Gasteiger partial charge on any atom is -0.496 e. The van der Waals surface area contributed by atoms with E-state index in [0.717, 1.165) is 56.1 Å². The van der Waals surface area contributed by atoms with Gasteiger partial charge in [0, 0.05) is 28.8 Å². The van der Waals surface area contributed by atoms with Crippen molar-refractivity contribution in [3.8, 4) is 5.75 Å². The smallest absolute Gasteiger partial charge is 0.309 e. The average molecular weight is 894 g/mol. The highest BCUT2D eigenvalue weighted by Crippen LogP contribution is 2.77. The minimum atomic E-state index is -1.34. The molecular weight excluding hydrogens is 820 g/mol. The van der Waals surface area contributed by atoms with Gasteiger partial charge < -0.3 is 30.3 Å². The number of hydrogen-bond donors (Lipinski definition) is 4. The first-order valence-corrected chi connectivity index (χ1v) is 23.8. The molecule has 11 nitrogen and oxygen atoms in total. The van der Waals surface area contributed by atoms with Gasteiger partial charge in [0.15, 0.2) is 5.78 Å². The molecule has 5 saturated carbocycles. The Hall–Kier alpha value is -3.44. The van der Waals surface area contributed by atoms with Crippen LogP contribution in [0.3, 0.4) is 0 Å². The lowest BCUT2D eigenvalue weighted by atomic mass is 9.33. The summed E-state index contributed by atoms with van der Waals surface area (Å²) < 4.78 is 11.8. The second-order valence-electron chi connectivity index (χ2n) is 23.3. The number of esters is 1. The van der Waals surface area contributed by atoms with Crippen LogP contribution in [-0.2, 0) is 23.9 Å². The molecule has 2 amide bonds. The van der Waals surface area contributed by atoms with Gasteiger partial charge in [0.2, 0.25) is 5.91 Å². The Morgan fingerprint density at radius 3 is 2.19 bits per heavy atom. The lowest BCUT2D eigenvalue weighted by Crippen LogP contribution is -2.66. The maximum Gasteiger partial charge on any atom is 0.309 e. The number of carbonyl (C=O) groups excluding carboxylic acids is 4. The van der Waals surface area contributed by atoms with E-state index in [9.17, 15) is 34.2 Å². The van der Waals surface area contributed by atoms with Crippen LogP contribution in [0.5, 0.6) is 5.75 Å². The summed E-state index contributed by atoms with van der Waals surface area (Å²) in [5.41, 5.74) is -1.04. The van der Waals surface area contributed by atoms with Gasteiger partial charge in [0.1, 0.15) is 17.4 Å². The van der Waals surface area contributed by atoms with Crippen LogP contribution in [0.1, 0.15) is 151 Å². The summed E-state index contributed by atoms with van der Waals surface area (Å²) in [7, 11) is 1.44. The van der Waals surface area contributed by atoms with E-state index in [-0.39, 0.29) is 75.6 Å². The number of nitrogens with one attached hydrogen (secondary N) is 2. The first-order chi connectivity index (χ1) is 29.1. The van der Waals surface area contributed by atoms with Crippen molar-refractivity contribution in [2.24, 2.45) is 68.0 Å². The summed E-state index contributed by atoms with van der Waals surface area (Å²) in [6, 6.07) is 4.67. The van der Waals surface area contributed by atoms with E-state index in [1.54, 1.807) is 26.0 Å². The Labute approximate surface area is 379 Å². The van der Waals surface area contributed by atoms with Gasteiger partial charge in [0.05, 0.1) is 30.6 Å². The van der Waals surface area contributed by atoms with E-state index >= 15 is 0 Å². The number of hydrogen-bond acceptors (Lipinski definition) is 8. The van der Waals surface area contributed by atoms with Crippen LogP contribution in [0.15, 0.2) is 29.3 Å². The van der Waals surface area contributed by atoms with Gasteiger partial charge in [-0.25, -0.2) is 0 Å². The van der Waals surface area contributed by atoms with E-state index < -0.39 is 52.1 Å². The number of aliphatic hydroxyl groups is 1. The van der Waals surface area contributed by atoms with Crippen molar-refractivity contribution in [1.29, 1.82) is 0 Å². The first-order valence-electron chi connectivity index (χ1n) is 23.5. The highest BCUT2D eigenvalue weighted by atomic mass is 35.5. The zero-order chi connectivity index (χ0) is 46.6. The number of carboxylic acids is 1.